The number of hydrogen-bond acceptors (Lipinski definition) is 13. The number of halogens is 3. The maximum Gasteiger partial charge on any atom is 0.493 e. The molecule has 0 bridgehead atoms. The lowest BCUT2D eigenvalue weighted by atomic mass is 9.76. The van der Waals surface area contributed by atoms with E-state index in [9.17, 15) is 14.0 Å². The molecule has 0 amide bonds. The first-order valence-corrected chi connectivity index (χ1v) is 27.8. The molecule has 14 nitrogen and oxygen atoms in total. The minimum atomic E-state index is -1.04. The van der Waals surface area contributed by atoms with Crippen molar-refractivity contribution in [1.82, 2.24) is 10.1 Å². The van der Waals surface area contributed by atoms with Gasteiger partial charge in [0.05, 0.1) is 40.5 Å². The van der Waals surface area contributed by atoms with Crippen molar-refractivity contribution in [2.45, 2.75) is 126 Å². The number of nitrogens with two attached hydrogens (primary N) is 2. The van der Waals surface area contributed by atoms with Crippen LogP contribution < -0.4 is 26.4 Å². The Kier molecular flexibility index (Phi) is 14.5. The van der Waals surface area contributed by atoms with E-state index in [0.717, 1.165) is 59.0 Å². The number of hydrogen-bond donors (Lipinski definition) is 2. The Morgan fingerprint density at radius 2 is 1.20 bits per heavy atom. The van der Waals surface area contributed by atoms with E-state index in [1.807, 2.05) is 70.2 Å². The second-order valence-corrected chi connectivity index (χ2v) is 23.4. The molecule has 4 N–H and O–H groups in total. The van der Waals surface area contributed by atoms with Gasteiger partial charge in [-0.1, -0.05) is 76.6 Å². The predicted octanol–water partition coefficient (Wildman–Crippen LogP) is 11.7. The molecule has 1 saturated heterocycles. The van der Waals surface area contributed by atoms with E-state index >= 15 is 0 Å². The lowest BCUT2D eigenvalue weighted by Gasteiger charge is -2.41. The second kappa shape index (κ2) is 21.3. The average molecular weight is 1140 g/mol. The molecule has 5 aliphatic heterocycles. The number of ether oxygens (including phenoxy) is 2. The lowest BCUT2D eigenvalue weighted by Crippen LogP contribution is -2.42. The van der Waals surface area contributed by atoms with Gasteiger partial charge in [0.15, 0.2) is 5.69 Å². The van der Waals surface area contributed by atoms with Crippen molar-refractivity contribution in [2.24, 2.45) is 21.5 Å². The molecule has 13 rings (SSSR count). The van der Waals surface area contributed by atoms with E-state index in [4.69, 9.17) is 56.5 Å². The van der Waals surface area contributed by atoms with Gasteiger partial charge in [0, 0.05) is 43.2 Å². The van der Waals surface area contributed by atoms with Crippen LogP contribution in [0.15, 0.2) is 136 Å². The molecule has 0 aromatic heterocycles. The first-order valence-electron chi connectivity index (χ1n) is 27.0. The van der Waals surface area contributed by atoms with Crippen LogP contribution in [0, 0.1) is 29.5 Å². The smallest absolute Gasteiger partial charge is 0.489 e. The summed E-state index contributed by atoms with van der Waals surface area (Å²) in [5, 5.41) is 12.3. The first kappa shape index (κ1) is 54.6. The summed E-state index contributed by atoms with van der Waals surface area (Å²) in [6.45, 7) is 14.7. The number of hydroxylamine groups is 4. The summed E-state index contributed by atoms with van der Waals surface area (Å²) in [4.78, 5) is 25.2. The molecule has 7 aliphatic rings. The highest BCUT2D eigenvalue weighted by Crippen LogP contribution is 2.53. The van der Waals surface area contributed by atoms with Crippen molar-refractivity contribution < 1.29 is 37.2 Å². The summed E-state index contributed by atoms with van der Waals surface area (Å²) in [5.41, 5.74) is 19.0. The van der Waals surface area contributed by atoms with E-state index < -0.39 is 41.4 Å². The number of nitrogens with zero attached hydrogens (tertiary/aromatic N) is 6. The molecule has 6 aromatic carbocycles. The highest BCUT2D eigenvalue weighted by Gasteiger charge is 2.54. The summed E-state index contributed by atoms with van der Waals surface area (Å²) in [6.07, 6.45) is 7.62. The summed E-state index contributed by atoms with van der Waals surface area (Å²) >= 11 is 3.56. The zero-order chi connectivity index (χ0) is 56.3. The maximum atomic E-state index is 14.2. The van der Waals surface area contributed by atoms with Gasteiger partial charge in [-0.05, 0) is 166 Å². The summed E-state index contributed by atoms with van der Waals surface area (Å²) in [7, 11) is 2.90. The van der Waals surface area contributed by atoms with Crippen molar-refractivity contribution in [3.63, 3.8) is 0 Å². The zero-order valence-electron chi connectivity index (χ0n) is 45.5. The van der Waals surface area contributed by atoms with Crippen molar-refractivity contribution in [2.75, 3.05) is 14.1 Å². The summed E-state index contributed by atoms with van der Waals surface area (Å²) in [5.74, 6) is 1.83. The van der Waals surface area contributed by atoms with E-state index in [1.165, 1.54) is 58.0 Å². The van der Waals surface area contributed by atoms with Crippen LogP contribution in [0.2, 0.25) is 0 Å². The third-order valence-electron chi connectivity index (χ3n) is 16.7. The van der Waals surface area contributed by atoms with Crippen molar-refractivity contribution >= 4 is 46.1 Å². The Hall–Kier alpha value is -7.32. The fourth-order valence-electron chi connectivity index (χ4n) is 12.1. The summed E-state index contributed by atoms with van der Waals surface area (Å²) in [6, 6.07) is 39.4. The molecule has 5 heterocycles. The fraction of sp³-hybridized carbons (Fsp3) is 0.355. The van der Waals surface area contributed by atoms with E-state index in [-0.39, 0.29) is 29.4 Å². The Morgan fingerprint density at radius 1 is 0.675 bits per heavy atom. The molecule has 0 radical (unpaired) electrons. The second-order valence-electron chi connectivity index (χ2n) is 22.4. The molecule has 6 aromatic rings. The quantitative estimate of drug-likeness (QED) is 0.127. The molecule has 18 heteroatoms. The van der Waals surface area contributed by atoms with Gasteiger partial charge in [-0.2, -0.15) is 5.26 Å². The number of nitriles is 1. The van der Waals surface area contributed by atoms with E-state index in [0.29, 0.717) is 47.5 Å². The van der Waals surface area contributed by atoms with Crippen molar-refractivity contribution in [1.29, 1.82) is 5.26 Å². The fourth-order valence-corrected chi connectivity index (χ4v) is 12.4. The van der Waals surface area contributed by atoms with E-state index in [2.05, 4.69) is 69.3 Å². The average Bonchev–Trinajstić information content (AvgIpc) is 4.18. The number of benzene rings is 6. The highest BCUT2D eigenvalue weighted by atomic mass is 79.9. The van der Waals surface area contributed by atoms with Gasteiger partial charge in [-0.15, -0.1) is 0 Å². The standard InChI is InChI=1S/C28H25FN4O2.C21H22BrN3O2.C13H15BFNO2/c1-33-27(31)32-28(35-33)15-26(23-8-4-6-18-5-2-3-7-22(18)23)34-25-10-9-19(14-24(25)28)20-11-17(16-30)12-21(29)13-20;1-25-20(23)24-21(27-25)12-19(26-18-10-9-14(22)11-17(18)21)16-8-4-6-13-5-2-3-7-15(13)16;1-12(2)13(3,4)18-14(17-12)9-6-10(15)8-11(7-9)16-5/h2-3,5,7,9-14,23,26H,4,6,8,15H2,1H3,(H2,31,32);2-3,5,7,9-11,16,19H,4,6,8,12H2,1H3,(H2,23,24);6-8H,1-4H3. The topological polar surface area (TPSA) is 167 Å². The molecule has 2 aliphatic carbocycles. The SMILES string of the molecule is CN1OC2(CC(C3CCCc4ccccc43)Oc3ccc(-c4cc(F)cc(C#N)c4)cc32)N=C1N.CN1OC2(CC(C3CCCc4ccccc43)Oc3ccc(Br)cc32)N=C1N.[C-]#[N+]c1cc(F)cc(B2OC(C)(C)C(C)(C)O2)c1. The highest BCUT2D eigenvalue weighted by molar-refractivity contribution is 9.10. The number of aliphatic imine (C=N–C) groups is 2. The van der Waals surface area contributed by atoms with Crippen LogP contribution in [0.1, 0.15) is 117 Å². The Balaban J connectivity index is 0.000000134. The number of rotatable bonds is 4. The summed E-state index contributed by atoms with van der Waals surface area (Å²) < 4.78 is 53.3. The first-order chi connectivity index (χ1) is 38.3. The Bertz CT molecular complexity index is 3540. The minimum absolute atomic E-state index is 0.0109. The zero-order valence-corrected chi connectivity index (χ0v) is 47.1. The third kappa shape index (κ3) is 10.4. The molecule has 6 unspecified atom stereocenters. The lowest BCUT2D eigenvalue weighted by molar-refractivity contribution is -0.192. The van der Waals surface area contributed by atoms with Crippen LogP contribution in [-0.2, 0) is 43.3 Å². The molecule has 2 spiro atoms. The molecule has 80 heavy (non-hydrogen) atoms. The van der Waals surface area contributed by atoms with Gasteiger partial charge in [0.25, 0.3) is 0 Å². The number of aryl methyl sites for hydroxylation is 2. The van der Waals surface area contributed by atoms with Crippen LogP contribution in [0.5, 0.6) is 11.5 Å². The third-order valence-corrected chi connectivity index (χ3v) is 17.2. The molecule has 0 saturated carbocycles. The predicted molar refractivity (Wildman–Crippen MR) is 306 cm³/mol. The van der Waals surface area contributed by atoms with Crippen molar-refractivity contribution in [3.05, 3.63) is 188 Å². The Labute approximate surface area is 474 Å². The normalized spacial score (nSPS) is 25.4. The largest absolute Gasteiger partial charge is 0.493 e. The molecule has 1 fully saturated rings. The minimum Gasteiger partial charge on any atom is -0.489 e. The Morgan fingerprint density at radius 3 is 1.73 bits per heavy atom. The van der Waals surface area contributed by atoms with Crippen LogP contribution in [0.3, 0.4) is 0 Å². The van der Waals surface area contributed by atoms with Gasteiger partial charge in [0.1, 0.15) is 35.3 Å². The molecular formula is C62H62BBrF2N8O6. The van der Waals surface area contributed by atoms with Crippen LogP contribution in [0.25, 0.3) is 16.0 Å². The van der Waals surface area contributed by atoms with Gasteiger partial charge in [0.2, 0.25) is 23.4 Å². The van der Waals surface area contributed by atoms with E-state index in [1.54, 1.807) is 31.3 Å². The van der Waals surface area contributed by atoms with Crippen LogP contribution >= 0.6 is 15.9 Å². The van der Waals surface area contributed by atoms with Crippen molar-refractivity contribution in [3.8, 4) is 28.7 Å². The van der Waals surface area contributed by atoms with Gasteiger partial charge in [-0.3, -0.25) is 0 Å². The van der Waals surface area contributed by atoms with Crippen LogP contribution in [-0.4, -0.2) is 66.7 Å². The number of guanidine groups is 2. The molecular weight excluding hydrogens is 1080 g/mol. The molecule has 6 atom stereocenters. The monoisotopic (exact) mass is 1140 g/mol. The van der Waals surface area contributed by atoms with Gasteiger partial charge >= 0.3 is 7.12 Å². The number of fused-ring (bicyclic) bond motifs is 6. The molecule has 410 valence electrons. The van der Waals surface area contributed by atoms with Gasteiger partial charge in [-0.25, -0.2) is 43.4 Å². The maximum absolute atomic E-state index is 14.2. The van der Waals surface area contributed by atoms with Crippen LogP contribution in [0.4, 0.5) is 14.5 Å². The van der Waals surface area contributed by atoms with Gasteiger partial charge < -0.3 is 30.2 Å².